The minimum atomic E-state index is -4.64. The second-order valence-corrected chi connectivity index (χ2v) is 11.4. The maximum absolute atomic E-state index is 14.0. The molecular weight excluding hydrogens is 609 g/mol. The average molecular weight is 636 g/mol. The first-order valence-electron chi connectivity index (χ1n) is 12.6. The standard InChI is InChI=1S/C25H27ClN7O9P/c1-15(23(36)39-13-16-7-3-2-4-8-16)30-43(38,42-18-10-6-5-9-17(18)26)40-14-25(31-32-28)21(35)20(34)22(41-25)33-12-11-19(27)29-24(33)37/h2-12,15,20-22,34-35H,13-14H2,1H3,(H,30,38)(H2,27,29,37)/t15-,20+,21-,22+,25+,43?/m0/s1. The number of azide groups is 1. The SMILES string of the molecule is C[C@H](NP(=O)(OC[C@@]1(N=[N+]=[N-])O[C@@H](n2ccc(N)nc2=O)[C@H](O)[C@@H]1O)Oc1ccccc1Cl)C(=O)OCc1ccccc1. The van der Waals surface area contributed by atoms with Crippen molar-refractivity contribution in [3.63, 3.8) is 0 Å². The first kappa shape index (κ1) is 31.9. The van der Waals surface area contributed by atoms with E-state index in [1.165, 1.54) is 31.2 Å². The van der Waals surface area contributed by atoms with Crippen molar-refractivity contribution in [2.24, 2.45) is 5.11 Å². The van der Waals surface area contributed by atoms with Gasteiger partial charge in [-0.15, -0.1) is 0 Å². The Balaban J connectivity index is 1.58. The molecule has 1 aliphatic rings. The Labute approximate surface area is 249 Å². The third-order valence-electron chi connectivity index (χ3n) is 6.17. The number of aliphatic hydroxyl groups is 2. The molecule has 0 aliphatic carbocycles. The van der Waals surface area contributed by atoms with Gasteiger partial charge in [-0.3, -0.25) is 13.9 Å². The van der Waals surface area contributed by atoms with Crippen molar-refractivity contribution in [2.45, 2.75) is 43.7 Å². The van der Waals surface area contributed by atoms with Crippen molar-refractivity contribution >= 4 is 31.1 Å². The van der Waals surface area contributed by atoms with Crippen LogP contribution in [-0.2, 0) is 30.0 Å². The third-order valence-corrected chi connectivity index (χ3v) is 8.09. The molecule has 1 aliphatic heterocycles. The van der Waals surface area contributed by atoms with Crippen LogP contribution in [0.1, 0.15) is 18.7 Å². The number of nitrogens with zero attached hydrogens (tertiary/aromatic N) is 5. The molecule has 1 unspecified atom stereocenters. The average Bonchev–Trinajstić information content (AvgIpc) is 3.22. The number of carbonyl (C=O) groups excluding carboxylic acids is 1. The molecule has 16 nitrogen and oxygen atoms in total. The fraction of sp³-hybridized carbons (Fsp3) is 0.320. The molecule has 4 rings (SSSR count). The molecule has 18 heteroatoms. The second kappa shape index (κ2) is 13.5. The number of carbonyl (C=O) groups is 1. The lowest BCUT2D eigenvalue weighted by Crippen LogP contribution is -2.45. The minimum absolute atomic E-state index is 0.0417. The van der Waals surface area contributed by atoms with E-state index in [1.807, 2.05) is 0 Å². The molecule has 2 heterocycles. The smallest absolute Gasteiger partial charge is 0.459 e. The van der Waals surface area contributed by atoms with Crippen LogP contribution in [0.3, 0.4) is 0 Å². The monoisotopic (exact) mass is 635 g/mol. The zero-order valence-electron chi connectivity index (χ0n) is 22.5. The summed E-state index contributed by atoms with van der Waals surface area (Å²) in [5, 5.41) is 27.5. The quantitative estimate of drug-likeness (QED) is 0.0739. The number of nitrogen functional groups attached to an aromatic ring is 1. The molecule has 1 fully saturated rings. The Bertz CT molecular complexity index is 1610. The van der Waals surface area contributed by atoms with Crippen LogP contribution in [0.4, 0.5) is 5.82 Å². The van der Waals surface area contributed by atoms with Gasteiger partial charge in [-0.25, -0.2) is 9.36 Å². The summed E-state index contributed by atoms with van der Waals surface area (Å²) < 4.78 is 36.9. The van der Waals surface area contributed by atoms with Gasteiger partial charge < -0.3 is 29.9 Å². The van der Waals surface area contributed by atoms with Crippen LogP contribution in [0.5, 0.6) is 5.75 Å². The maximum Gasteiger partial charge on any atom is 0.459 e. The molecule has 3 aromatic rings. The highest BCUT2D eigenvalue weighted by molar-refractivity contribution is 7.52. The normalized spacial score (nSPS) is 23.5. The van der Waals surface area contributed by atoms with Gasteiger partial charge in [0.25, 0.3) is 0 Å². The highest BCUT2D eigenvalue weighted by atomic mass is 35.5. The van der Waals surface area contributed by atoms with E-state index < -0.39 is 56.2 Å². The van der Waals surface area contributed by atoms with Gasteiger partial charge in [-0.2, -0.15) is 10.1 Å². The number of nitrogens with two attached hydrogens (primary N) is 1. The predicted molar refractivity (Wildman–Crippen MR) is 151 cm³/mol. The topological polar surface area (TPSA) is 233 Å². The number of esters is 1. The number of rotatable bonds is 12. The van der Waals surface area contributed by atoms with Gasteiger partial charge in [-0.05, 0) is 36.2 Å². The van der Waals surface area contributed by atoms with Gasteiger partial charge in [0.15, 0.2) is 6.23 Å². The van der Waals surface area contributed by atoms with Crippen molar-refractivity contribution in [2.75, 3.05) is 12.3 Å². The van der Waals surface area contributed by atoms with Crippen molar-refractivity contribution in [3.05, 3.63) is 98.4 Å². The lowest BCUT2D eigenvalue weighted by Gasteiger charge is -2.29. The van der Waals surface area contributed by atoms with Crippen molar-refractivity contribution in [3.8, 4) is 5.75 Å². The molecule has 228 valence electrons. The molecule has 6 atom stereocenters. The Kier molecular flexibility index (Phi) is 10.1. The van der Waals surface area contributed by atoms with E-state index in [-0.39, 0.29) is 23.2 Å². The van der Waals surface area contributed by atoms with Crippen molar-refractivity contribution < 1.29 is 38.1 Å². The number of nitrogens with one attached hydrogen (secondary N) is 1. The molecule has 0 saturated carbocycles. The van der Waals surface area contributed by atoms with Crippen molar-refractivity contribution in [1.82, 2.24) is 14.6 Å². The zero-order chi connectivity index (χ0) is 31.2. The van der Waals surface area contributed by atoms with E-state index in [0.29, 0.717) is 5.56 Å². The van der Waals surface area contributed by atoms with Crippen LogP contribution >= 0.6 is 19.3 Å². The molecule has 2 aromatic carbocycles. The van der Waals surface area contributed by atoms with Gasteiger partial charge in [0, 0.05) is 11.1 Å². The van der Waals surface area contributed by atoms with E-state index >= 15 is 0 Å². The van der Waals surface area contributed by atoms with Crippen LogP contribution < -0.4 is 21.0 Å². The molecule has 0 amide bonds. The Hall–Kier alpha value is -3.98. The number of halogens is 1. The van der Waals surface area contributed by atoms with Crippen LogP contribution in [0, 0.1) is 0 Å². The number of benzene rings is 2. The summed E-state index contributed by atoms with van der Waals surface area (Å²) in [6.07, 6.45) is -4.32. The summed E-state index contributed by atoms with van der Waals surface area (Å²) in [7, 11) is -4.64. The van der Waals surface area contributed by atoms with Crippen LogP contribution in [-0.4, -0.2) is 56.3 Å². The number of ether oxygens (including phenoxy) is 2. The van der Waals surface area contributed by atoms with E-state index in [1.54, 1.807) is 36.4 Å². The van der Waals surface area contributed by atoms with Crippen molar-refractivity contribution in [1.29, 1.82) is 0 Å². The lowest BCUT2D eigenvalue weighted by atomic mass is 10.1. The summed E-state index contributed by atoms with van der Waals surface area (Å²) in [5.41, 5.74) is 12.1. The van der Waals surface area contributed by atoms with Crippen LogP contribution in [0.2, 0.25) is 5.02 Å². The summed E-state index contributed by atoms with van der Waals surface area (Å²) in [5.74, 6) is -1.03. The molecule has 43 heavy (non-hydrogen) atoms. The summed E-state index contributed by atoms with van der Waals surface area (Å²) in [6, 6.07) is 14.7. The number of aromatic nitrogens is 2. The molecule has 1 aromatic heterocycles. The Morgan fingerprint density at radius 2 is 1.98 bits per heavy atom. The van der Waals surface area contributed by atoms with E-state index in [4.69, 9.17) is 35.9 Å². The third kappa shape index (κ3) is 7.51. The number of para-hydroxylation sites is 1. The lowest BCUT2D eigenvalue weighted by molar-refractivity contribution is -0.146. The molecule has 0 spiro atoms. The van der Waals surface area contributed by atoms with Gasteiger partial charge in [0.05, 0.1) is 11.6 Å². The minimum Gasteiger partial charge on any atom is -0.460 e. The van der Waals surface area contributed by atoms with Gasteiger partial charge in [0.2, 0.25) is 5.72 Å². The number of hydrogen-bond acceptors (Lipinski definition) is 12. The predicted octanol–water partition coefficient (Wildman–Crippen LogP) is 2.66. The first-order valence-corrected chi connectivity index (χ1v) is 14.5. The number of hydrogen-bond donors (Lipinski definition) is 4. The second-order valence-electron chi connectivity index (χ2n) is 9.26. The van der Waals surface area contributed by atoms with Crippen LogP contribution in [0.25, 0.3) is 10.4 Å². The summed E-state index contributed by atoms with van der Waals surface area (Å²) in [4.78, 5) is 31.3. The van der Waals surface area contributed by atoms with E-state index in [9.17, 15) is 29.9 Å². The highest BCUT2D eigenvalue weighted by Gasteiger charge is 2.56. The maximum atomic E-state index is 14.0. The highest BCUT2D eigenvalue weighted by Crippen LogP contribution is 2.49. The largest absolute Gasteiger partial charge is 0.460 e. The Morgan fingerprint density at radius 1 is 1.28 bits per heavy atom. The van der Waals surface area contributed by atoms with E-state index in [0.717, 1.165) is 10.8 Å². The summed E-state index contributed by atoms with van der Waals surface area (Å²) in [6.45, 7) is 0.272. The molecule has 0 bridgehead atoms. The molecule has 0 radical (unpaired) electrons. The first-order chi connectivity index (χ1) is 20.5. The Morgan fingerprint density at radius 3 is 2.65 bits per heavy atom. The molecule has 1 saturated heterocycles. The van der Waals surface area contributed by atoms with Gasteiger partial charge in [-0.1, -0.05) is 59.2 Å². The zero-order valence-corrected chi connectivity index (χ0v) is 24.1. The van der Waals surface area contributed by atoms with Crippen LogP contribution in [0.15, 0.2) is 76.8 Å². The fourth-order valence-corrected chi connectivity index (χ4v) is 5.74. The van der Waals surface area contributed by atoms with Gasteiger partial charge >= 0.3 is 19.4 Å². The summed E-state index contributed by atoms with van der Waals surface area (Å²) >= 11 is 6.17. The molecular formula is C25H27ClN7O9P. The van der Waals surface area contributed by atoms with E-state index in [2.05, 4.69) is 20.1 Å². The number of aliphatic hydroxyl groups excluding tert-OH is 2. The van der Waals surface area contributed by atoms with Gasteiger partial charge in [0.1, 0.15) is 36.4 Å². The fourth-order valence-electron chi connectivity index (χ4n) is 3.98. The number of anilines is 1. The molecule has 5 N–H and O–H groups in total.